The molecule has 0 heterocycles. The molecule has 4 heteroatoms. The molecule has 0 aliphatic carbocycles. The molecule has 0 saturated heterocycles. The van der Waals surface area contributed by atoms with Crippen molar-refractivity contribution in [2.75, 3.05) is 6.61 Å². The first-order valence-corrected chi connectivity index (χ1v) is 4.16. The smallest absolute Gasteiger partial charge is 0.0624 e. The van der Waals surface area contributed by atoms with Gasteiger partial charge in [-0.2, -0.15) is 0 Å². The zero-order valence-electron chi connectivity index (χ0n) is 6.40. The van der Waals surface area contributed by atoms with Gasteiger partial charge in [0.1, 0.15) is 0 Å². The lowest BCUT2D eigenvalue weighted by Crippen LogP contribution is -2.14. The fraction of sp³-hybridized carbons (Fsp3) is 0.250. The maximum atomic E-state index is 8.77. The molecule has 2 nitrogen and oxygen atoms in total. The quantitative estimate of drug-likeness (QED) is 0.844. The summed E-state index contributed by atoms with van der Waals surface area (Å²) >= 11 is 3.35. The normalized spacial score (nSPS) is 11.9. The molecular weight excluding hydrogens is 241 g/mol. The fourth-order valence-electron chi connectivity index (χ4n) is 0.874. The summed E-state index contributed by atoms with van der Waals surface area (Å²) in [6.07, 6.45) is 0. The van der Waals surface area contributed by atoms with Gasteiger partial charge in [-0.1, -0.05) is 34.1 Å². The Morgan fingerprint density at radius 3 is 2.50 bits per heavy atom. The molecule has 1 aromatic rings. The predicted octanol–water partition coefficient (Wildman–Crippen LogP) is 1.86. The van der Waals surface area contributed by atoms with E-state index in [2.05, 4.69) is 15.9 Å². The number of benzene rings is 1. The van der Waals surface area contributed by atoms with Crippen molar-refractivity contribution in [3.63, 3.8) is 0 Å². The van der Waals surface area contributed by atoms with E-state index in [0.29, 0.717) is 0 Å². The number of hydrogen-bond donors (Lipinski definition) is 2. The number of rotatable bonds is 2. The van der Waals surface area contributed by atoms with Crippen molar-refractivity contribution in [2.24, 2.45) is 5.73 Å². The van der Waals surface area contributed by atoms with E-state index < -0.39 is 0 Å². The van der Waals surface area contributed by atoms with E-state index in [1.165, 1.54) is 0 Å². The summed E-state index contributed by atoms with van der Waals surface area (Å²) < 4.78 is 0.946. The Hall–Kier alpha value is -0.0900. The lowest BCUT2D eigenvalue weighted by atomic mass is 10.1. The predicted molar refractivity (Wildman–Crippen MR) is 55.4 cm³/mol. The van der Waals surface area contributed by atoms with E-state index in [9.17, 15) is 0 Å². The van der Waals surface area contributed by atoms with Crippen LogP contribution in [0, 0.1) is 0 Å². The van der Waals surface area contributed by atoms with E-state index in [1.807, 2.05) is 24.3 Å². The third kappa shape index (κ3) is 2.75. The van der Waals surface area contributed by atoms with Gasteiger partial charge in [-0.05, 0) is 11.6 Å². The second-order valence-electron chi connectivity index (χ2n) is 2.31. The van der Waals surface area contributed by atoms with Gasteiger partial charge in [0, 0.05) is 4.47 Å². The summed E-state index contributed by atoms with van der Waals surface area (Å²) in [5.74, 6) is 0. The van der Waals surface area contributed by atoms with Crippen LogP contribution in [0.4, 0.5) is 0 Å². The van der Waals surface area contributed by atoms with E-state index in [-0.39, 0.29) is 25.1 Å². The summed E-state index contributed by atoms with van der Waals surface area (Å²) in [6, 6.07) is 7.33. The Labute approximate surface area is 86.3 Å². The van der Waals surface area contributed by atoms with E-state index in [4.69, 9.17) is 10.8 Å². The van der Waals surface area contributed by atoms with Crippen molar-refractivity contribution in [1.82, 2.24) is 0 Å². The fourth-order valence-corrected chi connectivity index (χ4v) is 1.45. The van der Waals surface area contributed by atoms with Crippen molar-refractivity contribution in [3.05, 3.63) is 34.3 Å². The minimum atomic E-state index is -0.287. The van der Waals surface area contributed by atoms with Gasteiger partial charge in [0.15, 0.2) is 0 Å². The minimum absolute atomic E-state index is 0. The van der Waals surface area contributed by atoms with Crippen LogP contribution in [0.5, 0.6) is 0 Å². The molecule has 0 amide bonds. The molecule has 1 atom stereocenters. The number of aliphatic hydroxyl groups excluding tert-OH is 1. The van der Waals surface area contributed by atoms with Crippen molar-refractivity contribution in [1.29, 1.82) is 0 Å². The molecule has 0 unspecified atom stereocenters. The van der Waals surface area contributed by atoms with Gasteiger partial charge in [-0.3, -0.25) is 0 Å². The topological polar surface area (TPSA) is 46.2 Å². The van der Waals surface area contributed by atoms with Crippen LogP contribution >= 0.6 is 28.3 Å². The molecule has 3 N–H and O–H groups in total. The first-order chi connectivity index (χ1) is 5.25. The first kappa shape index (κ1) is 11.9. The highest BCUT2D eigenvalue weighted by atomic mass is 79.9. The van der Waals surface area contributed by atoms with E-state index >= 15 is 0 Å². The molecule has 0 bridgehead atoms. The lowest BCUT2D eigenvalue weighted by molar-refractivity contribution is 0.267. The van der Waals surface area contributed by atoms with Crippen LogP contribution < -0.4 is 5.73 Å². The molecule has 1 aromatic carbocycles. The molecular formula is C8H11BrClNO. The van der Waals surface area contributed by atoms with Crippen LogP contribution in [0.25, 0.3) is 0 Å². The SMILES string of the molecule is Cl.N[C@@H](CO)c1ccccc1Br. The average Bonchev–Trinajstić information content (AvgIpc) is 2.04. The average molecular weight is 253 g/mol. The monoisotopic (exact) mass is 251 g/mol. The van der Waals surface area contributed by atoms with E-state index in [0.717, 1.165) is 10.0 Å². The Bertz CT molecular complexity index is 244. The Morgan fingerprint density at radius 2 is 2.00 bits per heavy atom. The van der Waals surface area contributed by atoms with Crippen LogP contribution in [0.3, 0.4) is 0 Å². The zero-order valence-corrected chi connectivity index (χ0v) is 8.81. The summed E-state index contributed by atoms with van der Waals surface area (Å²) in [7, 11) is 0. The summed E-state index contributed by atoms with van der Waals surface area (Å²) in [4.78, 5) is 0. The lowest BCUT2D eigenvalue weighted by Gasteiger charge is -2.09. The maximum absolute atomic E-state index is 8.77. The molecule has 68 valence electrons. The molecule has 1 rings (SSSR count). The van der Waals surface area contributed by atoms with Crippen molar-refractivity contribution >= 4 is 28.3 Å². The van der Waals surface area contributed by atoms with Gasteiger partial charge < -0.3 is 10.8 Å². The standard InChI is InChI=1S/C8H10BrNO.ClH/c9-7-4-2-1-3-6(7)8(10)5-11;/h1-4,8,11H,5,10H2;1H/t8-;/m0./s1. The first-order valence-electron chi connectivity index (χ1n) is 3.36. The highest BCUT2D eigenvalue weighted by Crippen LogP contribution is 2.20. The Morgan fingerprint density at radius 1 is 1.42 bits per heavy atom. The molecule has 0 spiro atoms. The van der Waals surface area contributed by atoms with E-state index in [1.54, 1.807) is 0 Å². The highest BCUT2D eigenvalue weighted by molar-refractivity contribution is 9.10. The molecule has 0 aliphatic heterocycles. The van der Waals surface area contributed by atoms with Gasteiger partial charge in [0.25, 0.3) is 0 Å². The third-order valence-corrected chi connectivity index (χ3v) is 2.22. The van der Waals surface area contributed by atoms with Gasteiger partial charge in [-0.25, -0.2) is 0 Å². The summed E-state index contributed by atoms with van der Waals surface area (Å²) in [5.41, 5.74) is 6.55. The molecule has 0 saturated carbocycles. The van der Waals surface area contributed by atoms with Crippen molar-refractivity contribution < 1.29 is 5.11 Å². The molecule has 0 radical (unpaired) electrons. The van der Waals surface area contributed by atoms with Crippen LogP contribution in [-0.4, -0.2) is 11.7 Å². The number of nitrogens with two attached hydrogens (primary N) is 1. The molecule has 0 fully saturated rings. The highest BCUT2D eigenvalue weighted by Gasteiger charge is 2.06. The summed E-state index contributed by atoms with van der Waals surface area (Å²) in [5, 5.41) is 8.77. The van der Waals surface area contributed by atoms with Gasteiger partial charge in [0.2, 0.25) is 0 Å². The second-order valence-corrected chi connectivity index (χ2v) is 3.16. The second kappa shape index (κ2) is 5.54. The summed E-state index contributed by atoms with van der Waals surface area (Å²) in [6.45, 7) is -0.0252. The Balaban J connectivity index is 0.00000121. The van der Waals surface area contributed by atoms with Crippen molar-refractivity contribution in [3.8, 4) is 0 Å². The van der Waals surface area contributed by atoms with Crippen molar-refractivity contribution in [2.45, 2.75) is 6.04 Å². The maximum Gasteiger partial charge on any atom is 0.0624 e. The third-order valence-electron chi connectivity index (χ3n) is 1.50. The minimum Gasteiger partial charge on any atom is -0.394 e. The van der Waals surface area contributed by atoms with Gasteiger partial charge in [0.05, 0.1) is 12.6 Å². The number of hydrogen-bond acceptors (Lipinski definition) is 2. The van der Waals surface area contributed by atoms with Gasteiger partial charge >= 0.3 is 0 Å². The zero-order chi connectivity index (χ0) is 8.27. The van der Waals surface area contributed by atoms with Crippen LogP contribution in [-0.2, 0) is 0 Å². The molecule has 0 aliphatic rings. The van der Waals surface area contributed by atoms with Gasteiger partial charge in [-0.15, -0.1) is 12.4 Å². The molecule has 12 heavy (non-hydrogen) atoms. The molecule has 0 aromatic heterocycles. The number of aliphatic hydroxyl groups is 1. The Kier molecular flexibility index (Phi) is 5.50. The number of halogens is 2. The van der Waals surface area contributed by atoms with Crippen LogP contribution in [0.2, 0.25) is 0 Å². The van der Waals surface area contributed by atoms with Crippen LogP contribution in [0.15, 0.2) is 28.7 Å². The van der Waals surface area contributed by atoms with Crippen LogP contribution in [0.1, 0.15) is 11.6 Å². The largest absolute Gasteiger partial charge is 0.394 e.